The second-order valence-electron chi connectivity index (χ2n) is 9.85. The number of hydrogen-bond acceptors (Lipinski definition) is 6. The van der Waals surface area contributed by atoms with Crippen LogP contribution in [0.5, 0.6) is 11.5 Å². The van der Waals surface area contributed by atoms with E-state index >= 15 is 0 Å². The van der Waals surface area contributed by atoms with Gasteiger partial charge in [-0.1, -0.05) is 24.3 Å². The summed E-state index contributed by atoms with van der Waals surface area (Å²) in [7, 11) is 0. The Bertz CT molecular complexity index is 1420. The van der Waals surface area contributed by atoms with Crippen molar-refractivity contribution in [3.05, 3.63) is 83.4 Å². The lowest BCUT2D eigenvalue weighted by molar-refractivity contribution is -0.121. The molecule has 2 heterocycles. The number of nitrogens with zero attached hydrogens (tertiary/aromatic N) is 2. The summed E-state index contributed by atoms with van der Waals surface area (Å²) < 4.78 is 11.4. The first-order valence-electron chi connectivity index (χ1n) is 13.4. The first kappa shape index (κ1) is 26.9. The SMILES string of the molecule is Cc1cccc(OCCCCN2C(=O)COc3ccc(NC(=O)CCCN4C(=O)c5ccccc5C4=O)cc32)c1. The Hall–Kier alpha value is -4.66. The third-order valence-corrected chi connectivity index (χ3v) is 6.88. The van der Waals surface area contributed by atoms with Crippen LogP contribution in [0, 0.1) is 6.92 Å². The van der Waals surface area contributed by atoms with Gasteiger partial charge in [-0.25, -0.2) is 0 Å². The molecule has 0 saturated heterocycles. The van der Waals surface area contributed by atoms with Crippen LogP contribution >= 0.6 is 0 Å². The van der Waals surface area contributed by atoms with Gasteiger partial charge in [0.25, 0.3) is 17.7 Å². The molecular weight excluding hydrogens is 510 g/mol. The highest BCUT2D eigenvalue weighted by Crippen LogP contribution is 2.35. The predicted octanol–water partition coefficient (Wildman–Crippen LogP) is 4.59. The standard InChI is InChI=1S/C31H31N3O6/c1-21-8-6-9-23(18-21)39-17-5-4-15-33-26-19-22(13-14-27(26)40-20-29(33)36)32-28(35)12-7-16-34-30(37)24-10-2-3-11-25(24)31(34)38/h2-3,6,8-11,13-14,18-19H,4-5,7,12,15-17,20H2,1H3,(H,32,35). The highest BCUT2D eigenvalue weighted by Gasteiger charge is 2.34. The molecule has 206 valence electrons. The van der Waals surface area contributed by atoms with Crippen molar-refractivity contribution >= 4 is 35.0 Å². The molecule has 0 aliphatic carbocycles. The van der Waals surface area contributed by atoms with E-state index in [1.54, 1.807) is 47.4 Å². The van der Waals surface area contributed by atoms with Crippen molar-refractivity contribution < 1.29 is 28.7 Å². The molecule has 4 amide bonds. The number of imide groups is 1. The van der Waals surface area contributed by atoms with E-state index in [2.05, 4.69) is 5.32 Å². The van der Waals surface area contributed by atoms with E-state index < -0.39 is 0 Å². The highest BCUT2D eigenvalue weighted by atomic mass is 16.5. The molecule has 0 saturated carbocycles. The smallest absolute Gasteiger partial charge is 0.265 e. The van der Waals surface area contributed by atoms with Crippen LogP contribution in [0.25, 0.3) is 0 Å². The molecule has 3 aromatic carbocycles. The largest absolute Gasteiger partial charge is 0.494 e. The Labute approximate surface area is 232 Å². The molecule has 3 aromatic rings. The summed E-state index contributed by atoms with van der Waals surface area (Å²) >= 11 is 0. The van der Waals surface area contributed by atoms with Crippen molar-refractivity contribution in [1.82, 2.24) is 4.90 Å². The minimum Gasteiger partial charge on any atom is -0.494 e. The number of amides is 4. The van der Waals surface area contributed by atoms with Gasteiger partial charge < -0.3 is 19.7 Å². The molecule has 9 nitrogen and oxygen atoms in total. The third kappa shape index (κ3) is 5.98. The molecule has 0 fully saturated rings. The van der Waals surface area contributed by atoms with Crippen molar-refractivity contribution in [2.24, 2.45) is 0 Å². The summed E-state index contributed by atoms with van der Waals surface area (Å²) in [6.07, 6.45) is 1.98. The highest BCUT2D eigenvalue weighted by molar-refractivity contribution is 6.21. The van der Waals surface area contributed by atoms with Crippen LogP contribution in [-0.4, -0.2) is 54.8 Å². The maximum atomic E-state index is 12.6. The van der Waals surface area contributed by atoms with E-state index in [1.165, 1.54) is 4.90 Å². The van der Waals surface area contributed by atoms with Gasteiger partial charge in [0.2, 0.25) is 5.91 Å². The molecule has 0 bridgehead atoms. The number of anilines is 2. The van der Waals surface area contributed by atoms with Gasteiger partial charge in [0, 0.05) is 25.2 Å². The number of nitrogens with one attached hydrogen (secondary N) is 1. The van der Waals surface area contributed by atoms with Crippen molar-refractivity contribution in [2.45, 2.75) is 32.6 Å². The van der Waals surface area contributed by atoms with Crippen LogP contribution < -0.4 is 19.7 Å². The quantitative estimate of drug-likeness (QED) is 0.281. The van der Waals surface area contributed by atoms with E-state index in [0.717, 1.165) is 24.2 Å². The Balaban J connectivity index is 1.11. The van der Waals surface area contributed by atoms with Crippen LogP contribution in [0.3, 0.4) is 0 Å². The van der Waals surface area contributed by atoms with Gasteiger partial charge >= 0.3 is 0 Å². The van der Waals surface area contributed by atoms with Gasteiger partial charge in [-0.05, 0) is 74.2 Å². The molecular formula is C31H31N3O6. The number of fused-ring (bicyclic) bond motifs is 2. The zero-order valence-corrected chi connectivity index (χ0v) is 22.4. The van der Waals surface area contributed by atoms with E-state index in [1.807, 2.05) is 31.2 Å². The summed E-state index contributed by atoms with van der Waals surface area (Å²) in [4.78, 5) is 53.2. The maximum absolute atomic E-state index is 12.6. The van der Waals surface area contributed by atoms with Gasteiger partial charge in [0.15, 0.2) is 6.61 Å². The van der Waals surface area contributed by atoms with E-state index in [4.69, 9.17) is 9.47 Å². The topological polar surface area (TPSA) is 105 Å². The lowest BCUT2D eigenvalue weighted by Gasteiger charge is -2.30. The van der Waals surface area contributed by atoms with E-state index in [9.17, 15) is 19.2 Å². The molecule has 0 unspecified atom stereocenters. The number of unbranched alkanes of at least 4 members (excludes halogenated alkanes) is 1. The Morgan fingerprint density at radius 3 is 2.38 bits per heavy atom. The monoisotopic (exact) mass is 541 g/mol. The lowest BCUT2D eigenvalue weighted by atomic mass is 10.1. The predicted molar refractivity (Wildman–Crippen MR) is 150 cm³/mol. The van der Waals surface area contributed by atoms with Crippen molar-refractivity contribution in [3.8, 4) is 11.5 Å². The number of rotatable bonds is 11. The van der Waals surface area contributed by atoms with Crippen molar-refractivity contribution in [2.75, 3.05) is 36.5 Å². The Morgan fingerprint density at radius 1 is 0.875 bits per heavy atom. The number of benzene rings is 3. The van der Waals surface area contributed by atoms with Crippen molar-refractivity contribution in [1.29, 1.82) is 0 Å². The average Bonchev–Trinajstić information content (AvgIpc) is 3.19. The molecule has 2 aliphatic rings. The molecule has 0 radical (unpaired) electrons. The zero-order chi connectivity index (χ0) is 28.1. The van der Waals surface area contributed by atoms with Crippen LogP contribution in [0.2, 0.25) is 0 Å². The van der Waals surface area contributed by atoms with Crippen LogP contribution in [0.4, 0.5) is 11.4 Å². The number of carbonyl (C=O) groups excluding carboxylic acids is 4. The minimum atomic E-state index is -0.331. The number of hydrogen-bond donors (Lipinski definition) is 1. The first-order chi connectivity index (χ1) is 19.4. The maximum Gasteiger partial charge on any atom is 0.265 e. The van der Waals surface area contributed by atoms with Gasteiger partial charge in [-0.3, -0.25) is 24.1 Å². The fourth-order valence-corrected chi connectivity index (χ4v) is 4.86. The van der Waals surface area contributed by atoms with Crippen molar-refractivity contribution in [3.63, 3.8) is 0 Å². The lowest BCUT2D eigenvalue weighted by Crippen LogP contribution is -2.39. The zero-order valence-electron chi connectivity index (χ0n) is 22.4. The Morgan fingerprint density at radius 2 is 1.62 bits per heavy atom. The Kier molecular flexibility index (Phi) is 8.10. The second kappa shape index (κ2) is 12.0. The van der Waals surface area contributed by atoms with Crippen LogP contribution in [0.1, 0.15) is 52.0 Å². The fourth-order valence-electron chi connectivity index (χ4n) is 4.86. The molecule has 40 heavy (non-hydrogen) atoms. The van der Waals surface area contributed by atoms with Crippen LogP contribution in [0.15, 0.2) is 66.7 Å². The summed E-state index contributed by atoms with van der Waals surface area (Å²) in [5, 5.41) is 2.85. The molecule has 0 spiro atoms. The summed E-state index contributed by atoms with van der Waals surface area (Å²) in [5.74, 6) is 0.358. The molecule has 0 atom stereocenters. The van der Waals surface area contributed by atoms with Crippen LogP contribution in [-0.2, 0) is 9.59 Å². The summed E-state index contributed by atoms with van der Waals surface area (Å²) in [6.45, 7) is 3.20. The minimum absolute atomic E-state index is 0.0314. The van der Waals surface area contributed by atoms with Gasteiger partial charge in [0.05, 0.1) is 23.4 Å². The molecule has 0 aromatic heterocycles. The van der Waals surface area contributed by atoms with Gasteiger partial charge in [0.1, 0.15) is 11.5 Å². The molecule has 1 N–H and O–H groups in total. The average molecular weight is 542 g/mol. The number of carbonyl (C=O) groups is 4. The number of ether oxygens (including phenoxy) is 2. The second-order valence-corrected chi connectivity index (χ2v) is 9.85. The number of aryl methyl sites for hydroxylation is 1. The summed E-state index contributed by atoms with van der Waals surface area (Å²) in [5.41, 5.74) is 3.08. The molecule has 2 aliphatic heterocycles. The molecule has 5 rings (SSSR count). The summed E-state index contributed by atoms with van der Waals surface area (Å²) in [6, 6.07) is 19.8. The normalized spacial score (nSPS) is 14.1. The van der Waals surface area contributed by atoms with Gasteiger partial charge in [-0.15, -0.1) is 0 Å². The van der Waals surface area contributed by atoms with Gasteiger partial charge in [-0.2, -0.15) is 0 Å². The first-order valence-corrected chi connectivity index (χ1v) is 13.4. The molecule has 9 heteroatoms. The fraction of sp³-hybridized carbons (Fsp3) is 0.290. The van der Waals surface area contributed by atoms with E-state index in [0.29, 0.717) is 47.8 Å². The third-order valence-electron chi connectivity index (χ3n) is 6.88. The van der Waals surface area contributed by atoms with E-state index in [-0.39, 0.29) is 43.2 Å².